The highest BCUT2D eigenvalue weighted by Gasteiger charge is 2.33. The second-order valence-corrected chi connectivity index (χ2v) is 1.91. The predicted octanol–water partition coefficient (Wildman–Crippen LogP) is 0.0933. The first-order chi connectivity index (χ1) is 5.41. The molecule has 0 N–H and O–H groups in total. The van der Waals surface area contributed by atoms with Gasteiger partial charge in [0.15, 0.2) is 11.8 Å². The monoisotopic (exact) mass is 179 g/mol. The Morgan fingerprint density at radius 3 is 2.42 bits per heavy atom. The minimum atomic E-state index is -4.62. The zero-order chi connectivity index (χ0) is 9.35. The van der Waals surface area contributed by atoms with Crippen molar-refractivity contribution < 1.29 is 23.1 Å². The van der Waals surface area contributed by atoms with E-state index in [2.05, 4.69) is 5.10 Å². The van der Waals surface area contributed by atoms with Crippen LogP contribution >= 0.6 is 0 Å². The summed E-state index contributed by atoms with van der Waals surface area (Å²) in [6.45, 7) is 0. The molecule has 1 aromatic heterocycles. The normalized spacial score (nSPS) is 11.6. The molecule has 0 spiro atoms. The van der Waals surface area contributed by atoms with Crippen LogP contribution in [0.2, 0.25) is 0 Å². The zero-order valence-corrected chi connectivity index (χ0v) is 5.50. The van der Waals surface area contributed by atoms with E-state index in [1.807, 2.05) is 0 Å². The Hall–Kier alpha value is -1.53. The smallest absolute Gasteiger partial charge is 0.435 e. The Kier molecular flexibility index (Phi) is 1.79. The van der Waals surface area contributed by atoms with Gasteiger partial charge in [0, 0.05) is 6.20 Å². The van der Waals surface area contributed by atoms with Gasteiger partial charge in [-0.15, -0.1) is 0 Å². The van der Waals surface area contributed by atoms with Crippen LogP contribution in [0.1, 0.15) is 5.69 Å². The highest BCUT2D eigenvalue weighted by Crippen LogP contribution is 2.26. The lowest BCUT2D eigenvalue weighted by Crippen LogP contribution is -2.29. The maximum absolute atomic E-state index is 11.8. The average Bonchev–Trinajstić information content (AvgIpc) is 2.30. The molecule has 4 nitrogen and oxygen atoms in total. The van der Waals surface area contributed by atoms with Crippen molar-refractivity contribution in [1.29, 1.82) is 0 Å². The number of carbonyl (C=O) groups excluding carboxylic acids is 1. The van der Waals surface area contributed by atoms with E-state index in [1.54, 1.807) is 0 Å². The molecule has 0 bridgehead atoms. The van der Waals surface area contributed by atoms with Crippen molar-refractivity contribution in [3.05, 3.63) is 18.0 Å². The van der Waals surface area contributed by atoms with Crippen molar-refractivity contribution in [2.75, 3.05) is 0 Å². The summed E-state index contributed by atoms with van der Waals surface area (Å²) in [5, 5.41) is 12.7. The van der Waals surface area contributed by atoms with E-state index >= 15 is 0 Å². The highest BCUT2D eigenvalue weighted by atomic mass is 19.4. The molecule has 0 radical (unpaired) electrons. The number of aromatic nitrogens is 2. The summed E-state index contributed by atoms with van der Waals surface area (Å²) in [6.07, 6.45) is -5.76. The van der Waals surface area contributed by atoms with Crippen molar-refractivity contribution in [3.63, 3.8) is 0 Å². The molecular formula is C5H2F3N2O2-. The molecule has 0 saturated heterocycles. The standard InChI is InChI=1S/C5H3F3N2O2/c6-5(7,8)3-1-2-10(9-3)4(11)12/h1-2H,(H,11,12)/p-1. The summed E-state index contributed by atoms with van der Waals surface area (Å²) in [5.74, 6) is 0. The van der Waals surface area contributed by atoms with Gasteiger partial charge in [-0.25, -0.2) is 4.68 Å². The van der Waals surface area contributed by atoms with E-state index in [4.69, 9.17) is 0 Å². The van der Waals surface area contributed by atoms with E-state index in [1.165, 1.54) is 0 Å². The number of rotatable bonds is 0. The number of carbonyl (C=O) groups is 1. The van der Waals surface area contributed by atoms with Gasteiger partial charge in [-0.3, -0.25) is 0 Å². The molecule has 1 rings (SSSR count). The van der Waals surface area contributed by atoms with Gasteiger partial charge in [0.05, 0.1) is 0 Å². The van der Waals surface area contributed by atoms with Gasteiger partial charge < -0.3 is 9.90 Å². The molecule has 7 heteroatoms. The average molecular weight is 179 g/mol. The first kappa shape index (κ1) is 8.57. The van der Waals surface area contributed by atoms with Crippen molar-refractivity contribution in [2.45, 2.75) is 6.18 Å². The van der Waals surface area contributed by atoms with Crippen LogP contribution in [0.4, 0.5) is 18.0 Å². The molecule has 0 atom stereocenters. The number of halogens is 3. The summed E-state index contributed by atoms with van der Waals surface area (Å²) in [7, 11) is 0. The Labute approximate surface area is 64.2 Å². The second-order valence-electron chi connectivity index (χ2n) is 1.91. The Balaban J connectivity index is 3.00. The third-order valence-electron chi connectivity index (χ3n) is 1.07. The Bertz CT molecular complexity index is 304. The van der Waals surface area contributed by atoms with Crippen molar-refractivity contribution in [1.82, 2.24) is 9.78 Å². The highest BCUT2D eigenvalue weighted by molar-refractivity contribution is 5.64. The molecule has 0 unspecified atom stereocenters. The van der Waals surface area contributed by atoms with Gasteiger partial charge in [0.2, 0.25) is 0 Å². The molecule has 12 heavy (non-hydrogen) atoms. The molecule has 1 aromatic rings. The summed E-state index contributed by atoms with van der Waals surface area (Å²) >= 11 is 0. The molecule has 0 fully saturated rings. The first-order valence-corrected chi connectivity index (χ1v) is 2.75. The third kappa shape index (κ3) is 1.55. The number of nitrogens with zero attached hydrogens (tertiary/aromatic N) is 2. The molecule has 0 saturated carbocycles. The van der Waals surface area contributed by atoms with Crippen LogP contribution in [0.15, 0.2) is 12.3 Å². The van der Waals surface area contributed by atoms with Crippen molar-refractivity contribution in [3.8, 4) is 0 Å². The number of carboxylic acid groups (broad SMARTS) is 1. The number of hydrogen-bond donors (Lipinski definition) is 0. The third-order valence-corrected chi connectivity index (χ3v) is 1.07. The van der Waals surface area contributed by atoms with Gasteiger partial charge in [-0.1, -0.05) is 0 Å². The van der Waals surface area contributed by atoms with Gasteiger partial charge in [-0.05, 0) is 6.07 Å². The molecule has 0 aromatic carbocycles. The molecule has 0 amide bonds. The zero-order valence-electron chi connectivity index (χ0n) is 5.50. The van der Waals surface area contributed by atoms with E-state index < -0.39 is 18.0 Å². The molecule has 66 valence electrons. The minimum Gasteiger partial charge on any atom is -0.528 e. The minimum absolute atomic E-state index is 0.0861. The summed E-state index contributed by atoms with van der Waals surface area (Å²) in [4.78, 5) is 9.96. The van der Waals surface area contributed by atoms with Gasteiger partial charge >= 0.3 is 6.18 Å². The van der Waals surface area contributed by atoms with E-state index in [0.29, 0.717) is 12.3 Å². The maximum Gasteiger partial charge on any atom is 0.435 e. The summed E-state index contributed by atoms with van der Waals surface area (Å²) in [6, 6.07) is 0.551. The van der Waals surface area contributed by atoms with Crippen LogP contribution in [0, 0.1) is 0 Å². The van der Waals surface area contributed by atoms with Crippen LogP contribution in [-0.4, -0.2) is 15.9 Å². The Morgan fingerprint density at radius 2 is 2.17 bits per heavy atom. The fourth-order valence-electron chi connectivity index (χ4n) is 0.577. The lowest BCUT2D eigenvalue weighted by atomic mass is 10.4. The molecule has 0 aliphatic heterocycles. The predicted molar refractivity (Wildman–Crippen MR) is 28.0 cm³/mol. The van der Waals surface area contributed by atoms with Crippen LogP contribution in [0.25, 0.3) is 0 Å². The van der Waals surface area contributed by atoms with E-state index in [9.17, 15) is 23.1 Å². The van der Waals surface area contributed by atoms with Crippen molar-refractivity contribution >= 4 is 6.09 Å². The summed E-state index contributed by atoms with van der Waals surface area (Å²) < 4.78 is 35.4. The molecule has 1 heterocycles. The molecular weight excluding hydrogens is 177 g/mol. The van der Waals surface area contributed by atoms with Gasteiger partial charge in [0.25, 0.3) is 0 Å². The number of hydrogen-bond acceptors (Lipinski definition) is 3. The van der Waals surface area contributed by atoms with Gasteiger partial charge in [-0.2, -0.15) is 18.3 Å². The fourth-order valence-corrected chi connectivity index (χ4v) is 0.577. The van der Waals surface area contributed by atoms with Crippen molar-refractivity contribution in [2.24, 2.45) is 0 Å². The summed E-state index contributed by atoms with van der Waals surface area (Å²) in [5.41, 5.74) is -1.26. The van der Waals surface area contributed by atoms with Crippen LogP contribution in [0.3, 0.4) is 0 Å². The quantitative estimate of drug-likeness (QED) is 0.567. The molecule has 0 aliphatic carbocycles. The van der Waals surface area contributed by atoms with Gasteiger partial charge in [0.1, 0.15) is 0 Å². The Morgan fingerprint density at radius 1 is 1.58 bits per heavy atom. The van der Waals surface area contributed by atoms with Crippen LogP contribution < -0.4 is 5.11 Å². The lowest BCUT2D eigenvalue weighted by Gasteiger charge is -2.01. The van der Waals surface area contributed by atoms with Crippen LogP contribution in [-0.2, 0) is 6.18 Å². The van der Waals surface area contributed by atoms with Crippen LogP contribution in [0.5, 0.6) is 0 Å². The lowest BCUT2D eigenvalue weighted by molar-refractivity contribution is -0.251. The fraction of sp³-hybridized carbons (Fsp3) is 0.200. The number of alkyl halides is 3. The topological polar surface area (TPSA) is 57.9 Å². The maximum atomic E-state index is 11.8. The molecule has 0 aliphatic rings. The SMILES string of the molecule is O=C([O-])n1ccc(C(F)(F)F)n1. The first-order valence-electron chi connectivity index (χ1n) is 2.75. The largest absolute Gasteiger partial charge is 0.528 e. The van der Waals surface area contributed by atoms with E-state index in [-0.39, 0.29) is 4.68 Å². The van der Waals surface area contributed by atoms with E-state index in [0.717, 1.165) is 0 Å². The second kappa shape index (κ2) is 2.50.